The Morgan fingerprint density at radius 2 is 2.00 bits per heavy atom. The molecule has 2 saturated heterocycles. The van der Waals surface area contributed by atoms with Gasteiger partial charge in [-0.25, -0.2) is 4.98 Å². The summed E-state index contributed by atoms with van der Waals surface area (Å²) >= 11 is 14.1. The Kier molecular flexibility index (Phi) is 5.70. The molecule has 0 radical (unpaired) electrons. The van der Waals surface area contributed by atoms with Crippen molar-refractivity contribution < 1.29 is 4.74 Å². The maximum atomic E-state index is 6.55. The number of pyridine rings is 1. The van der Waals surface area contributed by atoms with E-state index in [4.69, 9.17) is 39.4 Å². The number of nitrogens with zero attached hydrogens (tertiary/aromatic N) is 4. The number of hydrogen-bond donors (Lipinski definition) is 2. The van der Waals surface area contributed by atoms with Crippen molar-refractivity contribution in [2.75, 3.05) is 30.3 Å². The second kappa shape index (κ2) is 8.25. The number of nitrogens with two attached hydrogens (primary N) is 2. The molecule has 2 fully saturated rings. The average molecular weight is 493 g/mol. The molecule has 0 bridgehead atoms. The van der Waals surface area contributed by atoms with Crippen LogP contribution in [0.25, 0.3) is 5.65 Å². The van der Waals surface area contributed by atoms with Gasteiger partial charge in [-0.1, -0.05) is 41.0 Å². The lowest BCUT2D eigenvalue weighted by molar-refractivity contribution is 0.0974. The van der Waals surface area contributed by atoms with Crippen LogP contribution in [-0.4, -0.2) is 46.4 Å². The van der Waals surface area contributed by atoms with Gasteiger partial charge in [0.25, 0.3) is 0 Å². The van der Waals surface area contributed by atoms with Gasteiger partial charge >= 0.3 is 0 Å². The standard InChI is InChI=1S/C22H26Cl2N6OS/c1-12-20(26)22(11-31-12)6-8-29(9-7-22)17-10-15(25)19(21-27-13(2)28-30(17)21)32-16-5-3-4-14(23)18(16)24/h3-5,10,12,20H,6-9,11,25-26H2,1-2H3. The summed E-state index contributed by atoms with van der Waals surface area (Å²) in [5, 5.41) is 5.68. The van der Waals surface area contributed by atoms with Gasteiger partial charge in [-0.3, -0.25) is 0 Å². The van der Waals surface area contributed by atoms with Gasteiger partial charge in [0.2, 0.25) is 0 Å². The summed E-state index contributed by atoms with van der Waals surface area (Å²) in [5.41, 5.74) is 14.4. The highest BCUT2D eigenvalue weighted by Gasteiger charge is 2.47. The zero-order chi connectivity index (χ0) is 22.6. The normalized spacial score (nSPS) is 22.8. The number of ether oxygens (including phenoxy) is 1. The Bertz CT molecular complexity index is 1180. The fourth-order valence-electron chi connectivity index (χ4n) is 4.77. The van der Waals surface area contributed by atoms with Crippen LogP contribution in [0.4, 0.5) is 11.5 Å². The summed E-state index contributed by atoms with van der Waals surface area (Å²) < 4.78 is 7.76. The first-order chi connectivity index (χ1) is 15.3. The van der Waals surface area contributed by atoms with Crippen LogP contribution >= 0.6 is 35.0 Å². The highest BCUT2D eigenvalue weighted by atomic mass is 35.5. The summed E-state index contributed by atoms with van der Waals surface area (Å²) in [6.07, 6.45) is 2.06. The van der Waals surface area contributed by atoms with E-state index < -0.39 is 0 Å². The molecule has 0 saturated carbocycles. The van der Waals surface area contributed by atoms with Crippen LogP contribution < -0.4 is 16.4 Å². The Balaban J connectivity index is 1.48. The smallest absolute Gasteiger partial charge is 0.173 e. The van der Waals surface area contributed by atoms with Crippen molar-refractivity contribution in [1.29, 1.82) is 0 Å². The van der Waals surface area contributed by atoms with E-state index in [1.165, 1.54) is 11.8 Å². The summed E-state index contributed by atoms with van der Waals surface area (Å²) in [4.78, 5) is 8.63. The van der Waals surface area contributed by atoms with Gasteiger partial charge in [-0.05, 0) is 38.8 Å². The largest absolute Gasteiger partial charge is 0.398 e. The molecule has 4 heterocycles. The number of rotatable bonds is 3. The third-order valence-corrected chi connectivity index (χ3v) is 8.85. The first kappa shape index (κ1) is 22.1. The van der Waals surface area contributed by atoms with Crippen molar-refractivity contribution >= 4 is 52.1 Å². The van der Waals surface area contributed by atoms with Crippen LogP contribution in [0.3, 0.4) is 0 Å². The van der Waals surface area contributed by atoms with Gasteiger partial charge < -0.3 is 21.1 Å². The molecule has 2 aliphatic heterocycles. The molecule has 4 N–H and O–H groups in total. The van der Waals surface area contributed by atoms with Crippen LogP contribution in [0.1, 0.15) is 25.6 Å². The number of fused-ring (bicyclic) bond motifs is 1. The number of piperidine rings is 1. The average Bonchev–Trinajstić information content (AvgIpc) is 3.29. The predicted molar refractivity (Wildman–Crippen MR) is 130 cm³/mol. The molecule has 2 aromatic heterocycles. The van der Waals surface area contributed by atoms with Crippen molar-refractivity contribution in [3.63, 3.8) is 0 Å². The number of anilines is 2. The molecule has 0 aliphatic carbocycles. The molecule has 10 heteroatoms. The summed E-state index contributed by atoms with van der Waals surface area (Å²) in [6, 6.07) is 7.61. The van der Waals surface area contributed by atoms with Gasteiger partial charge in [0.05, 0.1) is 33.3 Å². The molecule has 1 spiro atoms. The Hall–Kier alpha value is -1.71. The fraction of sp³-hybridized carbons (Fsp3) is 0.455. The van der Waals surface area contributed by atoms with E-state index >= 15 is 0 Å². The van der Waals surface area contributed by atoms with Crippen LogP contribution in [0, 0.1) is 12.3 Å². The van der Waals surface area contributed by atoms with E-state index in [-0.39, 0.29) is 17.6 Å². The summed E-state index contributed by atoms with van der Waals surface area (Å²) in [5.74, 6) is 1.62. The molecule has 0 amide bonds. The molecular weight excluding hydrogens is 467 g/mol. The number of halogens is 2. The third kappa shape index (κ3) is 3.62. The summed E-state index contributed by atoms with van der Waals surface area (Å²) in [7, 11) is 0. The Labute approximate surface area is 201 Å². The highest BCUT2D eigenvalue weighted by Crippen LogP contribution is 2.44. The molecule has 7 nitrogen and oxygen atoms in total. The molecule has 170 valence electrons. The first-order valence-corrected chi connectivity index (χ1v) is 12.3. The quantitative estimate of drug-likeness (QED) is 0.558. The maximum Gasteiger partial charge on any atom is 0.173 e. The van der Waals surface area contributed by atoms with Gasteiger partial charge in [-0.15, -0.1) is 5.10 Å². The molecule has 3 aromatic rings. The zero-order valence-electron chi connectivity index (χ0n) is 18.0. The first-order valence-electron chi connectivity index (χ1n) is 10.7. The molecule has 2 unspecified atom stereocenters. The third-order valence-electron chi connectivity index (χ3n) is 6.74. The number of hydrogen-bond acceptors (Lipinski definition) is 7. The van der Waals surface area contributed by atoms with Gasteiger partial charge in [0, 0.05) is 35.5 Å². The molecule has 5 rings (SSSR count). The minimum absolute atomic E-state index is 0.0536. The lowest BCUT2D eigenvalue weighted by atomic mass is 9.73. The number of aromatic nitrogens is 3. The highest BCUT2D eigenvalue weighted by molar-refractivity contribution is 7.99. The van der Waals surface area contributed by atoms with Crippen molar-refractivity contribution in [3.05, 3.63) is 40.1 Å². The lowest BCUT2D eigenvalue weighted by Gasteiger charge is -2.42. The van der Waals surface area contributed by atoms with Crippen molar-refractivity contribution in [1.82, 2.24) is 14.6 Å². The SMILES string of the molecule is Cc1nc2c(Sc3cccc(Cl)c3Cl)c(N)cc(N3CCC4(CC3)COC(C)C4N)n2n1. The van der Waals surface area contributed by atoms with Crippen molar-refractivity contribution in [2.45, 2.75) is 48.6 Å². The van der Waals surface area contributed by atoms with Crippen molar-refractivity contribution in [2.24, 2.45) is 11.1 Å². The zero-order valence-corrected chi connectivity index (χ0v) is 20.3. The number of nitrogen functional groups attached to an aromatic ring is 1. The van der Waals surface area contributed by atoms with Crippen LogP contribution in [0.15, 0.2) is 34.1 Å². The van der Waals surface area contributed by atoms with E-state index in [1.807, 2.05) is 29.6 Å². The number of aryl methyl sites for hydroxylation is 1. The molecule has 2 aliphatic rings. The lowest BCUT2D eigenvalue weighted by Crippen LogP contribution is -2.51. The van der Waals surface area contributed by atoms with E-state index in [0.29, 0.717) is 27.2 Å². The van der Waals surface area contributed by atoms with Crippen LogP contribution in [0.5, 0.6) is 0 Å². The molecular formula is C22H26Cl2N6OS. The van der Waals surface area contributed by atoms with E-state index in [2.05, 4.69) is 21.9 Å². The van der Waals surface area contributed by atoms with E-state index in [1.54, 1.807) is 6.07 Å². The second-order valence-corrected chi connectivity index (χ2v) is 10.6. The maximum absolute atomic E-state index is 6.55. The Morgan fingerprint density at radius 1 is 1.25 bits per heavy atom. The molecule has 2 atom stereocenters. The van der Waals surface area contributed by atoms with Gasteiger partial charge in [0.15, 0.2) is 5.65 Å². The van der Waals surface area contributed by atoms with Crippen molar-refractivity contribution in [3.8, 4) is 0 Å². The number of benzene rings is 1. The topological polar surface area (TPSA) is 94.7 Å². The van der Waals surface area contributed by atoms with E-state index in [9.17, 15) is 0 Å². The molecule has 1 aromatic carbocycles. The molecule has 32 heavy (non-hydrogen) atoms. The fourth-order valence-corrected chi connectivity index (χ4v) is 6.21. The van der Waals surface area contributed by atoms with Gasteiger partial charge in [-0.2, -0.15) is 4.52 Å². The van der Waals surface area contributed by atoms with Gasteiger partial charge in [0.1, 0.15) is 11.6 Å². The van der Waals surface area contributed by atoms with E-state index in [0.717, 1.165) is 48.1 Å². The monoisotopic (exact) mass is 492 g/mol. The predicted octanol–water partition coefficient (Wildman–Crippen LogP) is 4.41. The second-order valence-electron chi connectivity index (χ2n) is 8.73. The minimum Gasteiger partial charge on any atom is -0.398 e. The van der Waals surface area contributed by atoms with Crippen LogP contribution in [-0.2, 0) is 4.74 Å². The Morgan fingerprint density at radius 3 is 2.69 bits per heavy atom. The minimum atomic E-state index is 0.0536. The summed E-state index contributed by atoms with van der Waals surface area (Å²) in [6.45, 7) is 6.42. The van der Waals surface area contributed by atoms with Crippen LogP contribution in [0.2, 0.25) is 10.0 Å².